The lowest BCUT2D eigenvalue weighted by Gasteiger charge is -2.15. The molecule has 0 fully saturated rings. The molecule has 1 aliphatic carbocycles. The van der Waals surface area contributed by atoms with Gasteiger partial charge in [0.05, 0.1) is 6.21 Å². The van der Waals surface area contributed by atoms with E-state index in [2.05, 4.69) is 11.2 Å². The second kappa shape index (κ2) is 5.61. The summed E-state index contributed by atoms with van der Waals surface area (Å²) < 4.78 is 5.83. The molecule has 0 aliphatic heterocycles. The summed E-state index contributed by atoms with van der Waals surface area (Å²) in [5.41, 5.74) is 3.44. The fourth-order valence-electron chi connectivity index (χ4n) is 2.35. The first kappa shape index (κ1) is 12.5. The first-order valence-corrected chi connectivity index (χ1v) is 6.59. The van der Waals surface area contributed by atoms with Gasteiger partial charge in [0.2, 0.25) is 0 Å². The van der Waals surface area contributed by atoms with Crippen LogP contribution in [0.1, 0.15) is 17.5 Å². The summed E-state index contributed by atoms with van der Waals surface area (Å²) in [5.74, 6) is 1.64. The third kappa shape index (κ3) is 2.72. The van der Waals surface area contributed by atoms with Crippen LogP contribution in [-0.4, -0.2) is 11.4 Å². The normalized spacial score (nSPS) is 13.9. The van der Waals surface area contributed by atoms with Crippen LogP contribution in [0.25, 0.3) is 6.08 Å². The monoisotopic (exact) mass is 265 g/mol. The highest BCUT2D eigenvalue weighted by molar-refractivity contribution is 5.86. The Morgan fingerprint density at radius 1 is 1.00 bits per heavy atom. The highest BCUT2D eigenvalue weighted by Crippen LogP contribution is 2.29. The predicted molar refractivity (Wildman–Crippen MR) is 79.5 cm³/mol. The van der Waals surface area contributed by atoms with Crippen molar-refractivity contribution in [2.24, 2.45) is 5.16 Å². The van der Waals surface area contributed by atoms with Gasteiger partial charge in [0.25, 0.3) is 0 Å². The topological polar surface area (TPSA) is 41.8 Å². The first-order chi connectivity index (χ1) is 9.85. The molecular formula is C17H15NO2. The van der Waals surface area contributed by atoms with E-state index >= 15 is 0 Å². The van der Waals surface area contributed by atoms with Crippen molar-refractivity contribution in [3.8, 4) is 11.5 Å². The minimum absolute atomic E-state index is 0.813. The van der Waals surface area contributed by atoms with Gasteiger partial charge in [-0.25, -0.2) is 0 Å². The fourth-order valence-corrected chi connectivity index (χ4v) is 2.35. The van der Waals surface area contributed by atoms with Crippen LogP contribution < -0.4 is 4.74 Å². The van der Waals surface area contributed by atoms with Crippen LogP contribution in [0.15, 0.2) is 59.3 Å². The molecule has 2 aromatic rings. The quantitative estimate of drug-likeness (QED) is 0.511. The Bertz CT molecular complexity index is 660. The van der Waals surface area contributed by atoms with E-state index in [1.807, 2.05) is 48.5 Å². The zero-order valence-corrected chi connectivity index (χ0v) is 11.0. The van der Waals surface area contributed by atoms with Gasteiger partial charge in [0, 0.05) is 0 Å². The number of nitrogens with zero attached hydrogens (tertiary/aromatic N) is 1. The van der Waals surface area contributed by atoms with E-state index in [1.54, 1.807) is 0 Å². The Kier molecular flexibility index (Phi) is 3.50. The number of para-hydroxylation sites is 1. The Hall–Kier alpha value is -2.55. The summed E-state index contributed by atoms with van der Waals surface area (Å²) in [7, 11) is 0. The van der Waals surface area contributed by atoms with Gasteiger partial charge < -0.3 is 9.94 Å². The van der Waals surface area contributed by atoms with Crippen LogP contribution in [0.4, 0.5) is 0 Å². The van der Waals surface area contributed by atoms with Crippen molar-refractivity contribution >= 4 is 12.3 Å². The molecule has 20 heavy (non-hydrogen) atoms. The van der Waals surface area contributed by atoms with Gasteiger partial charge in [0.1, 0.15) is 11.5 Å². The Morgan fingerprint density at radius 3 is 2.65 bits per heavy atom. The van der Waals surface area contributed by atoms with Crippen LogP contribution in [0.2, 0.25) is 0 Å². The van der Waals surface area contributed by atoms with Gasteiger partial charge in [-0.1, -0.05) is 29.4 Å². The number of aryl methyl sites for hydroxylation is 1. The number of benzene rings is 2. The van der Waals surface area contributed by atoms with Gasteiger partial charge in [0.15, 0.2) is 0 Å². The molecule has 0 heterocycles. The molecule has 0 saturated heterocycles. The van der Waals surface area contributed by atoms with Gasteiger partial charge in [-0.2, -0.15) is 0 Å². The molecule has 0 unspecified atom stereocenters. The van der Waals surface area contributed by atoms with Crippen molar-refractivity contribution < 1.29 is 9.94 Å². The lowest BCUT2D eigenvalue weighted by molar-refractivity contribution is 0.321. The van der Waals surface area contributed by atoms with E-state index in [9.17, 15) is 0 Å². The third-order valence-electron chi connectivity index (χ3n) is 3.34. The zero-order chi connectivity index (χ0) is 13.8. The van der Waals surface area contributed by atoms with Gasteiger partial charge in [-0.3, -0.25) is 0 Å². The number of oxime groups is 1. The van der Waals surface area contributed by atoms with E-state index in [4.69, 9.17) is 9.94 Å². The highest BCUT2D eigenvalue weighted by Gasteiger charge is 2.10. The molecule has 0 saturated carbocycles. The molecule has 3 rings (SSSR count). The lowest BCUT2D eigenvalue weighted by atomic mass is 9.92. The van der Waals surface area contributed by atoms with Crippen LogP contribution in [0, 0.1) is 0 Å². The van der Waals surface area contributed by atoms with E-state index in [1.165, 1.54) is 11.8 Å². The maximum Gasteiger partial charge on any atom is 0.128 e. The molecule has 0 radical (unpaired) electrons. The molecule has 2 aromatic carbocycles. The minimum Gasteiger partial charge on any atom is -0.457 e. The Labute approximate surface area is 117 Å². The maximum atomic E-state index is 8.62. The first-order valence-electron chi connectivity index (χ1n) is 6.59. The molecular weight excluding hydrogens is 250 g/mol. The number of ether oxygens (including phenoxy) is 1. The summed E-state index contributed by atoms with van der Waals surface area (Å²) in [6, 6.07) is 15.8. The Morgan fingerprint density at radius 2 is 1.85 bits per heavy atom. The summed E-state index contributed by atoms with van der Waals surface area (Å²) in [6.45, 7) is 0. The molecule has 0 aromatic heterocycles. The zero-order valence-electron chi connectivity index (χ0n) is 11.0. The largest absolute Gasteiger partial charge is 0.457 e. The molecule has 1 aliphatic rings. The number of hydrogen-bond acceptors (Lipinski definition) is 3. The van der Waals surface area contributed by atoms with Crippen molar-refractivity contribution in [3.63, 3.8) is 0 Å². The van der Waals surface area contributed by atoms with Crippen molar-refractivity contribution in [3.05, 3.63) is 65.2 Å². The van der Waals surface area contributed by atoms with Crippen molar-refractivity contribution in [1.82, 2.24) is 0 Å². The Balaban J connectivity index is 1.88. The molecule has 100 valence electrons. The second-order valence-electron chi connectivity index (χ2n) is 4.74. The van der Waals surface area contributed by atoms with Crippen molar-refractivity contribution in [2.45, 2.75) is 12.8 Å². The predicted octanol–water partition coefficient (Wildman–Crippen LogP) is 4.27. The number of hydrogen-bond donors (Lipinski definition) is 1. The fraction of sp³-hybridized carbons (Fsp3) is 0.118. The lowest BCUT2D eigenvalue weighted by Crippen LogP contribution is -2.00. The molecule has 1 N–H and O–H groups in total. The highest BCUT2D eigenvalue weighted by atomic mass is 16.5. The van der Waals surface area contributed by atoms with Gasteiger partial charge in [-0.05, 0) is 59.9 Å². The molecule has 0 bridgehead atoms. The van der Waals surface area contributed by atoms with Crippen LogP contribution in [-0.2, 0) is 6.42 Å². The number of allylic oxidation sites excluding steroid dienone is 1. The second-order valence-corrected chi connectivity index (χ2v) is 4.74. The van der Waals surface area contributed by atoms with E-state index in [0.29, 0.717) is 0 Å². The summed E-state index contributed by atoms with van der Waals surface area (Å²) in [5, 5.41) is 11.7. The van der Waals surface area contributed by atoms with Gasteiger partial charge >= 0.3 is 0 Å². The third-order valence-corrected chi connectivity index (χ3v) is 3.34. The SMILES string of the molecule is O/N=C/C1=Cc2cc(Oc3ccccc3)ccc2CC1. The number of rotatable bonds is 3. The van der Waals surface area contributed by atoms with Crippen LogP contribution in [0.3, 0.4) is 0 Å². The summed E-state index contributed by atoms with van der Waals surface area (Å²) in [4.78, 5) is 0. The van der Waals surface area contributed by atoms with Crippen LogP contribution in [0.5, 0.6) is 11.5 Å². The van der Waals surface area contributed by atoms with Crippen molar-refractivity contribution in [1.29, 1.82) is 0 Å². The van der Waals surface area contributed by atoms with Crippen molar-refractivity contribution in [2.75, 3.05) is 0 Å². The molecule has 3 nitrogen and oxygen atoms in total. The van der Waals surface area contributed by atoms with E-state index < -0.39 is 0 Å². The molecule has 0 atom stereocenters. The molecule has 0 spiro atoms. The average molecular weight is 265 g/mol. The summed E-state index contributed by atoms with van der Waals surface area (Å²) >= 11 is 0. The van der Waals surface area contributed by atoms with E-state index in [-0.39, 0.29) is 0 Å². The minimum atomic E-state index is 0.813. The maximum absolute atomic E-state index is 8.62. The van der Waals surface area contributed by atoms with Crippen LogP contribution >= 0.6 is 0 Å². The number of fused-ring (bicyclic) bond motifs is 1. The van der Waals surface area contributed by atoms with Gasteiger partial charge in [-0.15, -0.1) is 0 Å². The average Bonchev–Trinajstić information content (AvgIpc) is 2.48. The smallest absolute Gasteiger partial charge is 0.128 e. The van der Waals surface area contributed by atoms with E-state index in [0.717, 1.165) is 35.5 Å². The summed E-state index contributed by atoms with van der Waals surface area (Å²) in [6.07, 6.45) is 5.39. The molecule has 3 heteroatoms. The standard InChI is InChI=1S/C17H15NO2/c19-18-12-13-6-7-14-8-9-17(11-15(14)10-13)20-16-4-2-1-3-5-16/h1-5,8-12,19H,6-7H2/b18-12+. The molecule has 0 amide bonds.